The van der Waals surface area contributed by atoms with E-state index in [0.29, 0.717) is 42.4 Å². The lowest BCUT2D eigenvalue weighted by Gasteiger charge is -2.44. The van der Waals surface area contributed by atoms with E-state index in [1.54, 1.807) is 5.57 Å². The van der Waals surface area contributed by atoms with Gasteiger partial charge < -0.3 is 15.3 Å². The molecule has 3 N–H and O–H groups in total. The van der Waals surface area contributed by atoms with E-state index in [2.05, 4.69) is 45.1 Å². The molecule has 3 fully saturated rings. The molecule has 0 radical (unpaired) electrons. The van der Waals surface area contributed by atoms with E-state index in [-0.39, 0.29) is 5.92 Å². The van der Waals surface area contributed by atoms with E-state index in [1.807, 2.05) is 13.8 Å². The van der Waals surface area contributed by atoms with E-state index < -0.39 is 17.8 Å². The molecular weight excluding hydrogens is 372 g/mol. The smallest absolute Gasteiger partial charge is 0.0651 e. The van der Waals surface area contributed by atoms with Crippen molar-refractivity contribution >= 4 is 0 Å². The van der Waals surface area contributed by atoms with Crippen LogP contribution < -0.4 is 0 Å². The molecule has 0 saturated heterocycles. The van der Waals surface area contributed by atoms with Gasteiger partial charge in [0.25, 0.3) is 0 Å². The first-order valence-corrected chi connectivity index (χ1v) is 12.2. The van der Waals surface area contributed by atoms with E-state index in [1.165, 1.54) is 37.7 Å². The normalized spacial score (nSPS) is 38.7. The van der Waals surface area contributed by atoms with Gasteiger partial charge in [-0.25, -0.2) is 0 Å². The van der Waals surface area contributed by atoms with E-state index >= 15 is 0 Å². The zero-order valence-corrected chi connectivity index (χ0v) is 19.8. The van der Waals surface area contributed by atoms with Crippen LogP contribution in [0.2, 0.25) is 0 Å². The first-order valence-electron chi connectivity index (χ1n) is 12.2. The van der Waals surface area contributed by atoms with Gasteiger partial charge in [-0.15, -0.1) is 0 Å². The predicted molar refractivity (Wildman–Crippen MR) is 124 cm³/mol. The summed E-state index contributed by atoms with van der Waals surface area (Å²) in [4.78, 5) is 0. The Bertz CT molecular complexity index is 671. The average molecular weight is 417 g/mol. The predicted octanol–water partition coefficient (Wildman–Crippen LogP) is 5.56. The molecule has 170 valence electrons. The minimum atomic E-state index is -0.674. The molecule has 7 atom stereocenters. The van der Waals surface area contributed by atoms with Gasteiger partial charge in [0.1, 0.15) is 0 Å². The van der Waals surface area contributed by atoms with Gasteiger partial charge in [-0.1, -0.05) is 56.2 Å². The summed E-state index contributed by atoms with van der Waals surface area (Å²) in [6, 6.07) is 0. The Balaban J connectivity index is 1.73. The zero-order valence-electron chi connectivity index (χ0n) is 19.8. The van der Waals surface area contributed by atoms with Crippen LogP contribution in [0.4, 0.5) is 0 Å². The Hall–Kier alpha value is -0.900. The van der Waals surface area contributed by atoms with Crippen molar-refractivity contribution in [1.29, 1.82) is 0 Å². The second kappa shape index (κ2) is 9.30. The first-order chi connectivity index (χ1) is 14.0. The molecule has 0 bridgehead atoms. The first kappa shape index (κ1) is 23.8. The van der Waals surface area contributed by atoms with Gasteiger partial charge in [0, 0.05) is 5.92 Å². The van der Waals surface area contributed by atoms with E-state index in [4.69, 9.17) is 0 Å². The molecule has 3 nitrogen and oxygen atoms in total. The summed E-state index contributed by atoms with van der Waals surface area (Å²) < 4.78 is 0. The van der Waals surface area contributed by atoms with Gasteiger partial charge in [0.2, 0.25) is 0 Å². The molecule has 0 spiro atoms. The number of hydrogen-bond acceptors (Lipinski definition) is 3. The van der Waals surface area contributed by atoms with Crippen molar-refractivity contribution in [3.8, 4) is 0 Å². The Morgan fingerprint density at radius 1 is 1.03 bits per heavy atom. The monoisotopic (exact) mass is 416 g/mol. The SMILES string of the molecule is C[C@H](/C=C/[C@H](C)C(C)(C)O)[C@H]1CC[C@H]2/C(=C\C=C3C[C@@H](O)C[C@H](O)C3)CCC[C@]12C. The molecule has 3 aliphatic rings. The highest BCUT2D eigenvalue weighted by Crippen LogP contribution is 2.59. The number of aliphatic hydroxyl groups is 3. The fourth-order valence-electron chi connectivity index (χ4n) is 6.39. The van der Waals surface area contributed by atoms with Gasteiger partial charge in [-0.2, -0.15) is 0 Å². The van der Waals surface area contributed by atoms with Crippen molar-refractivity contribution in [3.05, 3.63) is 35.5 Å². The maximum Gasteiger partial charge on any atom is 0.0651 e. The highest BCUT2D eigenvalue weighted by molar-refractivity contribution is 5.26. The molecule has 3 saturated carbocycles. The summed E-state index contributed by atoms with van der Waals surface area (Å²) in [5, 5.41) is 30.2. The molecule has 0 aromatic rings. The second-order valence-corrected chi connectivity index (χ2v) is 11.3. The molecule has 3 rings (SSSR count). The molecule has 0 aliphatic heterocycles. The van der Waals surface area contributed by atoms with Crippen molar-refractivity contribution in [3.63, 3.8) is 0 Å². The fourth-order valence-corrected chi connectivity index (χ4v) is 6.39. The molecule has 0 heterocycles. The molecule has 0 aromatic heterocycles. The van der Waals surface area contributed by atoms with Crippen molar-refractivity contribution < 1.29 is 15.3 Å². The van der Waals surface area contributed by atoms with Crippen LogP contribution in [0.5, 0.6) is 0 Å². The number of aliphatic hydroxyl groups excluding tert-OH is 2. The number of allylic oxidation sites excluding steroid dienone is 4. The summed E-state index contributed by atoms with van der Waals surface area (Å²) >= 11 is 0. The molecule has 0 unspecified atom stereocenters. The van der Waals surface area contributed by atoms with Crippen LogP contribution in [-0.4, -0.2) is 33.1 Å². The lowest BCUT2D eigenvalue weighted by atomic mass is 9.61. The topological polar surface area (TPSA) is 60.7 Å². The van der Waals surface area contributed by atoms with Crippen LogP contribution in [0.25, 0.3) is 0 Å². The maximum absolute atomic E-state index is 10.2. The Morgan fingerprint density at radius 2 is 1.70 bits per heavy atom. The van der Waals surface area contributed by atoms with Gasteiger partial charge in [-0.3, -0.25) is 0 Å². The van der Waals surface area contributed by atoms with Crippen LogP contribution in [0, 0.1) is 29.1 Å². The van der Waals surface area contributed by atoms with Gasteiger partial charge in [-0.05, 0) is 88.4 Å². The maximum atomic E-state index is 10.2. The summed E-state index contributed by atoms with van der Waals surface area (Å²) in [7, 11) is 0. The summed E-state index contributed by atoms with van der Waals surface area (Å²) in [5.41, 5.74) is 2.43. The van der Waals surface area contributed by atoms with E-state index in [9.17, 15) is 15.3 Å². The van der Waals surface area contributed by atoms with Crippen molar-refractivity contribution in [2.75, 3.05) is 0 Å². The van der Waals surface area contributed by atoms with E-state index in [0.717, 1.165) is 0 Å². The van der Waals surface area contributed by atoms with Crippen LogP contribution in [0.15, 0.2) is 35.5 Å². The lowest BCUT2D eigenvalue weighted by molar-refractivity contribution is 0.0436. The third-order valence-corrected chi connectivity index (χ3v) is 8.56. The van der Waals surface area contributed by atoms with Crippen LogP contribution in [0.3, 0.4) is 0 Å². The standard InChI is InChI=1S/C27H44O3/c1-18(8-9-19(2)26(3,4)30)24-12-13-25-21(7-6-14-27(24,25)5)11-10-20-15-22(28)17-23(29)16-20/h8-11,18-19,22-25,28-30H,6-7,12-17H2,1-5H3/b9-8+,21-11-/t18-,19+,22-,23-,24-,25+,27-/m1/s1. The van der Waals surface area contributed by atoms with Crippen LogP contribution in [-0.2, 0) is 0 Å². The minimum absolute atomic E-state index is 0.152. The Morgan fingerprint density at radius 3 is 2.33 bits per heavy atom. The highest BCUT2D eigenvalue weighted by Gasteiger charge is 2.50. The zero-order chi connectivity index (χ0) is 22.1. The van der Waals surface area contributed by atoms with Crippen LogP contribution >= 0.6 is 0 Å². The molecule has 0 amide bonds. The molecular formula is C27H44O3. The quantitative estimate of drug-likeness (QED) is 0.514. The number of hydrogen-bond donors (Lipinski definition) is 3. The lowest BCUT2D eigenvalue weighted by Crippen LogP contribution is -2.35. The van der Waals surface area contributed by atoms with Gasteiger partial charge in [0.15, 0.2) is 0 Å². The fraction of sp³-hybridized carbons (Fsp3) is 0.778. The van der Waals surface area contributed by atoms with Crippen molar-refractivity contribution in [2.24, 2.45) is 29.1 Å². The third-order valence-electron chi connectivity index (χ3n) is 8.56. The third kappa shape index (κ3) is 5.29. The Labute approximate surface area is 184 Å². The van der Waals surface area contributed by atoms with Crippen LogP contribution in [0.1, 0.15) is 86.0 Å². The summed E-state index contributed by atoms with van der Waals surface area (Å²) in [6.45, 7) is 10.7. The molecule has 3 aliphatic carbocycles. The molecule has 3 heteroatoms. The largest absolute Gasteiger partial charge is 0.393 e. The Kier molecular flexibility index (Phi) is 7.37. The summed E-state index contributed by atoms with van der Waals surface area (Å²) in [6.07, 6.45) is 16.5. The molecule has 30 heavy (non-hydrogen) atoms. The summed E-state index contributed by atoms with van der Waals surface area (Å²) in [5.74, 6) is 2.00. The second-order valence-electron chi connectivity index (χ2n) is 11.3. The van der Waals surface area contributed by atoms with Gasteiger partial charge in [0.05, 0.1) is 17.8 Å². The highest BCUT2D eigenvalue weighted by atomic mass is 16.3. The number of fused-ring (bicyclic) bond motifs is 1. The molecule has 0 aromatic carbocycles. The van der Waals surface area contributed by atoms with Crippen molar-refractivity contribution in [1.82, 2.24) is 0 Å². The average Bonchev–Trinajstić information content (AvgIpc) is 3.00. The minimum Gasteiger partial charge on any atom is -0.393 e. The van der Waals surface area contributed by atoms with Gasteiger partial charge >= 0.3 is 0 Å². The number of rotatable bonds is 5. The van der Waals surface area contributed by atoms with Crippen molar-refractivity contribution in [2.45, 2.75) is 104 Å².